The fourth-order valence-electron chi connectivity index (χ4n) is 1.22. The highest BCUT2D eigenvalue weighted by atomic mass is 16.5. The topological polar surface area (TPSA) is 30.5 Å². The predicted octanol–water partition coefficient (Wildman–Crippen LogP) is 0.401. The highest BCUT2D eigenvalue weighted by Crippen LogP contribution is 2.02. The zero-order valence-electron chi connectivity index (χ0n) is 7.14. The lowest BCUT2D eigenvalue weighted by Crippen LogP contribution is -2.17. The molecule has 0 aromatic rings. The van der Waals surface area contributed by atoms with Crippen LogP contribution in [0.5, 0.6) is 0 Å². The van der Waals surface area contributed by atoms with Gasteiger partial charge in [-0.1, -0.05) is 0 Å². The summed E-state index contributed by atoms with van der Waals surface area (Å²) in [6, 6.07) is 0. The Balaban J connectivity index is 1.86. The molecule has 1 aliphatic rings. The monoisotopic (exact) mass is 159 g/mol. The second kappa shape index (κ2) is 5.52. The van der Waals surface area contributed by atoms with E-state index in [-0.39, 0.29) is 0 Å². The van der Waals surface area contributed by atoms with E-state index in [4.69, 9.17) is 9.47 Å². The number of ether oxygens (including phenoxy) is 2. The SMILES string of the molecule is COCCCO[C@@H]1CCNC1. The van der Waals surface area contributed by atoms with Crippen LogP contribution in [0.4, 0.5) is 0 Å². The fourth-order valence-corrected chi connectivity index (χ4v) is 1.22. The third kappa shape index (κ3) is 3.70. The summed E-state index contributed by atoms with van der Waals surface area (Å²) < 4.78 is 10.5. The lowest BCUT2D eigenvalue weighted by molar-refractivity contribution is 0.0513. The van der Waals surface area contributed by atoms with Gasteiger partial charge in [-0.2, -0.15) is 0 Å². The van der Waals surface area contributed by atoms with Crippen molar-refractivity contribution in [3.8, 4) is 0 Å². The van der Waals surface area contributed by atoms with Gasteiger partial charge in [-0.15, -0.1) is 0 Å². The Kier molecular flexibility index (Phi) is 4.50. The summed E-state index contributed by atoms with van der Waals surface area (Å²) in [6.45, 7) is 3.77. The van der Waals surface area contributed by atoms with Gasteiger partial charge < -0.3 is 14.8 Å². The molecule has 1 fully saturated rings. The largest absolute Gasteiger partial charge is 0.385 e. The van der Waals surface area contributed by atoms with Crippen LogP contribution >= 0.6 is 0 Å². The first-order chi connectivity index (χ1) is 5.43. The molecule has 1 aliphatic heterocycles. The Morgan fingerprint density at radius 1 is 1.45 bits per heavy atom. The van der Waals surface area contributed by atoms with Crippen LogP contribution < -0.4 is 5.32 Å². The minimum atomic E-state index is 0.451. The molecular weight excluding hydrogens is 142 g/mol. The molecule has 0 aromatic carbocycles. The minimum absolute atomic E-state index is 0.451. The first-order valence-electron chi connectivity index (χ1n) is 4.24. The molecule has 0 aliphatic carbocycles. The van der Waals surface area contributed by atoms with Crippen LogP contribution in [0.1, 0.15) is 12.8 Å². The molecule has 1 rings (SSSR count). The third-order valence-electron chi connectivity index (χ3n) is 1.86. The van der Waals surface area contributed by atoms with Gasteiger partial charge in [0.1, 0.15) is 0 Å². The van der Waals surface area contributed by atoms with Crippen LogP contribution in [0, 0.1) is 0 Å². The van der Waals surface area contributed by atoms with Crippen molar-refractivity contribution in [3.05, 3.63) is 0 Å². The molecule has 0 aromatic heterocycles. The first-order valence-corrected chi connectivity index (χ1v) is 4.24. The summed E-state index contributed by atoms with van der Waals surface area (Å²) in [5.41, 5.74) is 0. The van der Waals surface area contributed by atoms with Gasteiger partial charge >= 0.3 is 0 Å². The van der Waals surface area contributed by atoms with Gasteiger partial charge in [-0.25, -0.2) is 0 Å². The summed E-state index contributed by atoms with van der Waals surface area (Å²) in [4.78, 5) is 0. The molecule has 0 bridgehead atoms. The summed E-state index contributed by atoms with van der Waals surface area (Å²) in [6.07, 6.45) is 2.62. The lowest BCUT2D eigenvalue weighted by Gasteiger charge is -2.09. The molecule has 3 heteroatoms. The van der Waals surface area contributed by atoms with Gasteiger partial charge in [-0.3, -0.25) is 0 Å². The van der Waals surface area contributed by atoms with Gasteiger partial charge in [-0.05, 0) is 19.4 Å². The van der Waals surface area contributed by atoms with Crippen molar-refractivity contribution in [2.75, 3.05) is 33.4 Å². The van der Waals surface area contributed by atoms with Crippen molar-refractivity contribution in [3.63, 3.8) is 0 Å². The normalized spacial score (nSPS) is 24.3. The first kappa shape index (κ1) is 8.97. The summed E-state index contributed by atoms with van der Waals surface area (Å²) in [7, 11) is 1.72. The number of hydrogen-bond acceptors (Lipinski definition) is 3. The molecule has 1 heterocycles. The Morgan fingerprint density at radius 3 is 3.00 bits per heavy atom. The van der Waals surface area contributed by atoms with Crippen molar-refractivity contribution in [2.24, 2.45) is 0 Å². The van der Waals surface area contributed by atoms with E-state index in [1.807, 2.05) is 0 Å². The predicted molar refractivity (Wildman–Crippen MR) is 43.7 cm³/mol. The van der Waals surface area contributed by atoms with E-state index >= 15 is 0 Å². The van der Waals surface area contributed by atoms with Gasteiger partial charge in [0.15, 0.2) is 0 Å². The maximum absolute atomic E-state index is 5.56. The van der Waals surface area contributed by atoms with Gasteiger partial charge in [0, 0.05) is 26.9 Å². The molecule has 3 nitrogen and oxygen atoms in total. The van der Waals surface area contributed by atoms with E-state index in [0.29, 0.717) is 6.10 Å². The highest BCUT2D eigenvalue weighted by Gasteiger charge is 2.13. The quantitative estimate of drug-likeness (QED) is 0.589. The second-order valence-corrected chi connectivity index (χ2v) is 2.83. The molecule has 0 saturated carbocycles. The number of nitrogens with one attached hydrogen (secondary N) is 1. The second-order valence-electron chi connectivity index (χ2n) is 2.83. The Morgan fingerprint density at radius 2 is 2.36 bits per heavy atom. The van der Waals surface area contributed by atoms with Crippen LogP contribution in [0.2, 0.25) is 0 Å². The molecule has 1 saturated heterocycles. The van der Waals surface area contributed by atoms with Crippen molar-refractivity contribution in [2.45, 2.75) is 18.9 Å². The highest BCUT2D eigenvalue weighted by molar-refractivity contribution is 4.70. The Hall–Kier alpha value is -0.120. The van der Waals surface area contributed by atoms with Gasteiger partial charge in [0.25, 0.3) is 0 Å². The number of methoxy groups -OCH3 is 1. The molecule has 0 amide bonds. The average Bonchev–Trinajstić information content (AvgIpc) is 2.50. The van der Waals surface area contributed by atoms with E-state index in [1.54, 1.807) is 7.11 Å². The van der Waals surface area contributed by atoms with Crippen molar-refractivity contribution >= 4 is 0 Å². The Bertz CT molecular complexity index is 92.1. The Labute approximate surface area is 68.1 Å². The van der Waals surface area contributed by atoms with Gasteiger partial charge in [0.2, 0.25) is 0 Å². The molecule has 0 unspecified atom stereocenters. The molecule has 11 heavy (non-hydrogen) atoms. The molecule has 1 N–H and O–H groups in total. The van der Waals surface area contributed by atoms with Crippen LogP contribution in [0.3, 0.4) is 0 Å². The minimum Gasteiger partial charge on any atom is -0.385 e. The molecular formula is C8H17NO2. The zero-order valence-corrected chi connectivity index (χ0v) is 7.14. The van der Waals surface area contributed by atoms with E-state index < -0.39 is 0 Å². The fraction of sp³-hybridized carbons (Fsp3) is 1.00. The molecule has 1 atom stereocenters. The summed E-state index contributed by atoms with van der Waals surface area (Å²) in [5.74, 6) is 0. The van der Waals surface area contributed by atoms with E-state index in [2.05, 4.69) is 5.32 Å². The lowest BCUT2D eigenvalue weighted by atomic mass is 10.3. The zero-order chi connectivity index (χ0) is 7.94. The van der Waals surface area contributed by atoms with Crippen molar-refractivity contribution in [1.29, 1.82) is 0 Å². The molecule has 0 radical (unpaired) electrons. The van der Waals surface area contributed by atoms with E-state index in [9.17, 15) is 0 Å². The number of rotatable bonds is 5. The van der Waals surface area contributed by atoms with Crippen LogP contribution in [-0.4, -0.2) is 39.5 Å². The maximum atomic E-state index is 5.56. The smallest absolute Gasteiger partial charge is 0.0711 e. The summed E-state index contributed by atoms with van der Waals surface area (Å²) in [5, 5.41) is 3.26. The summed E-state index contributed by atoms with van der Waals surface area (Å²) >= 11 is 0. The molecule has 0 spiro atoms. The maximum Gasteiger partial charge on any atom is 0.0711 e. The van der Waals surface area contributed by atoms with Crippen molar-refractivity contribution < 1.29 is 9.47 Å². The average molecular weight is 159 g/mol. The van der Waals surface area contributed by atoms with Gasteiger partial charge in [0.05, 0.1) is 6.10 Å². The van der Waals surface area contributed by atoms with Crippen LogP contribution in [0.15, 0.2) is 0 Å². The van der Waals surface area contributed by atoms with Crippen LogP contribution in [-0.2, 0) is 9.47 Å². The van der Waals surface area contributed by atoms with E-state index in [1.165, 1.54) is 0 Å². The standard InChI is InChI=1S/C8H17NO2/c1-10-5-2-6-11-8-3-4-9-7-8/h8-9H,2-7H2,1H3/t8-/m1/s1. The third-order valence-corrected chi connectivity index (χ3v) is 1.86. The number of hydrogen-bond donors (Lipinski definition) is 1. The molecule has 66 valence electrons. The van der Waals surface area contributed by atoms with Crippen molar-refractivity contribution in [1.82, 2.24) is 5.32 Å². The van der Waals surface area contributed by atoms with E-state index in [0.717, 1.165) is 39.1 Å². The van der Waals surface area contributed by atoms with Crippen LogP contribution in [0.25, 0.3) is 0 Å².